The van der Waals surface area contributed by atoms with E-state index < -0.39 is 0 Å². The van der Waals surface area contributed by atoms with Crippen LogP contribution in [0.25, 0.3) is 16.3 Å². The average molecular weight is 446 g/mol. The third kappa shape index (κ3) is 5.26. The van der Waals surface area contributed by atoms with Crippen molar-refractivity contribution in [3.63, 3.8) is 0 Å². The number of thioether (sulfide) groups is 1. The number of rotatable bonds is 7. The molecule has 0 bridgehead atoms. The van der Waals surface area contributed by atoms with Gasteiger partial charge in [0.15, 0.2) is 5.13 Å². The van der Waals surface area contributed by atoms with Crippen LogP contribution in [0, 0.1) is 0 Å². The van der Waals surface area contributed by atoms with Crippen molar-refractivity contribution in [3.05, 3.63) is 46.7 Å². The lowest BCUT2D eigenvalue weighted by Gasteiger charge is -2.28. The van der Waals surface area contributed by atoms with Crippen molar-refractivity contribution in [1.82, 2.24) is 9.88 Å². The number of hydrogen-bond donors (Lipinski definition) is 0. The Labute approximate surface area is 183 Å². The van der Waals surface area contributed by atoms with Gasteiger partial charge in [-0.15, -0.1) is 23.1 Å². The number of carbonyl (C=O) groups excluding carboxylic acids is 1. The summed E-state index contributed by atoms with van der Waals surface area (Å²) in [6.45, 7) is 4.75. The number of fused-ring (bicyclic) bond motifs is 1. The average Bonchev–Trinajstić information content (AvgIpc) is 3.42. The van der Waals surface area contributed by atoms with Gasteiger partial charge >= 0.3 is 0 Å². The quantitative estimate of drug-likeness (QED) is 0.397. The minimum absolute atomic E-state index is 0.0317. The molecule has 5 nitrogen and oxygen atoms in total. The molecule has 0 unspecified atom stereocenters. The molecule has 0 saturated carbocycles. The molecule has 0 N–H and O–H groups in total. The maximum atomic E-state index is 13.1. The van der Waals surface area contributed by atoms with Crippen molar-refractivity contribution < 1.29 is 9.53 Å². The standard InChI is InChI=1S/C21H23N3O2S3/c1-27-17-4-6-18-19(15-17)29-21(22-18)24(9-8-23-10-12-26-13-11-23)20(25)7-5-16-3-2-14-28-16/h2-7,14-15H,8-13H2,1H3. The predicted molar refractivity (Wildman–Crippen MR) is 124 cm³/mol. The number of hydrogen-bond acceptors (Lipinski definition) is 7. The Hall–Kier alpha value is -1.71. The molecule has 1 aliphatic heterocycles. The summed E-state index contributed by atoms with van der Waals surface area (Å²) in [6, 6.07) is 10.3. The van der Waals surface area contributed by atoms with Gasteiger partial charge in [-0.3, -0.25) is 14.6 Å². The number of anilines is 1. The summed E-state index contributed by atoms with van der Waals surface area (Å²) in [5, 5.41) is 2.77. The molecule has 1 saturated heterocycles. The summed E-state index contributed by atoms with van der Waals surface area (Å²) >= 11 is 4.91. The molecule has 0 radical (unpaired) electrons. The topological polar surface area (TPSA) is 45.7 Å². The van der Waals surface area contributed by atoms with Gasteiger partial charge in [-0.1, -0.05) is 17.4 Å². The van der Waals surface area contributed by atoms with Gasteiger partial charge in [0.1, 0.15) is 0 Å². The van der Waals surface area contributed by atoms with Gasteiger partial charge in [0.05, 0.1) is 23.4 Å². The Morgan fingerprint density at radius 1 is 1.34 bits per heavy atom. The van der Waals surface area contributed by atoms with E-state index in [1.807, 2.05) is 34.6 Å². The number of morpholine rings is 1. The second-order valence-electron chi connectivity index (χ2n) is 6.62. The first kappa shape index (κ1) is 20.6. The van der Waals surface area contributed by atoms with Gasteiger partial charge in [0, 0.05) is 42.0 Å². The minimum Gasteiger partial charge on any atom is -0.379 e. The van der Waals surface area contributed by atoms with Gasteiger partial charge in [-0.2, -0.15) is 0 Å². The SMILES string of the molecule is CSc1ccc2nc(N(CCN3CCOCC3)C(=O)C=Cc3cccs3)sc2c1. The van der Waals surface area contributed by atoms with Crippen LogP contribution in [0.2, 0.25) is 0 Å². The molecular formula is C21H23N3O2S3. The van der Waals surface area contributed by atoms with Crippen LogP contribution in [0.1, 0.15) is 4.88 Å². The summed E-state index contributed by atoms with van der Waals surface area (Å²) in [7, 11) is 0. The van der Waals surface area contributed by atoms with Crippen LogP contribution in [-0.4, -0.2) is 61.4 Å². The lowest BCUT2D eigenvalue weighted by atomic mass is 10.3. The Bertz CT molecular complexity index is 978. The maximum absolute atomic E-state index is 13.1. The molecule has 0 aliphatic carbocycles. The fraction of sp³-hybridized carbons (Fsp3) is 0.333. The van der Waals surface area contributed by atoms with E-state index in [0.29, 0.717) is 6.54 Å². The smallest absolute Gasteiger partial charge is 0.252 e. The highest BCUT2D eigenvalue weighted by atomic mass is 32.2. The van der Waals surface area contributed by atoms with Crippen LogP contribution < -0.4 is 4.90 Å². The zero-order chi connectivity index (χ0) is 20.1. The van der Waals surface area contributed by atoms with Crippen molar-refractivity contribution in [2.45, 2.75) is 4.90 Å². The van der Waals surface area contributed by atoms with Gasteiger partial charge in [0.2, 0.25) is 0 Å². The molecule has 29 heavy (non-hydrogen) atoms. The number of nitrogens with zero attached hydrogens (tertiary/aromatic N) is 3. The minimum atomic E-state index is -0.0317. The summed E-state index contributed by atoms with van der Waals surface area (Å²) in [4.78, 5) is 24.3. The molecule has 1 aliphatic rings. The summed E-state index contributed by atoms with van der Waals surface area (Å²) in [5.74, 6) is -0.0317. The lowest BCUT2D eigenvalue weighted by Crippen LogP contribution is -2.42. The molecule has 4 rings (SSSR count). The number of aromatic nitrogens is 1. The first-order valence-electron chi connectivity index (χ1n) is 9.51. The van der Waals surface area contributed by atoms with E-state index in [1.165, 1.54) is 4.90 Å². The number of amides is 1. The fourth-order valence-electron chi connectivity index (χ4n) is 3.13. The van der Waals surface area contributed by atoms with E-state index in [-0.39, 0.29) is 5.91 Å². The third-order valence-corrected chi connectivity index (χ3v) is 7.36. The van der Waals surface area contributed by atoms with Crippen LogP contribution in [0.4, 0.5) is 5.13 Å². The Morgan fingerprint density at radius 3 is 2.97 bits per heavy atom. The molecule has 3 heterocycles. The van der Waals surface area contributed by atoms with Crippen LogP contribution >= 0.6 is 34.4 Å². The molecule has 8 heteroatoms. The summed E-state index contributed by atoms with van der Waals surface area (Å²) in [6.07, 6.45) is 5.61. The van der Waals surface area contributed by atoms with Crippen LogP contribution in [-0.2, 0) is 9.53 Å². The van der Waals surface area contributed by atoms with E-state index in [0.717, 1.165) is 53.1 Å². The summed E-state index contributed by atoms with van der Waals surface area (Å²) < 4.78 is 6.55. The highest BCUT2D eigenvalue weighted by Gasteiger charge is 2.20. The number of thiazole rings is 1. The van der Waals surface area contributed by atoms with Gasteiger partial charge in [-0.05, 0) is 42.0 Å². The normalized spacial score (nSPS) is 15.3. The molecule has 3 aromatic rings. The largest absolute Gasteiger partial charge is 0.379 e. The van der Waals surface area contributed by atoms with Gasteiger partial charge in [-0.25, -0.2) is 4.98 Å². The highest BCUT2D eigenvalue weighted by molar-refractivity contribution is 7.98. The number of ether oxygens (including phenoxy) is 1. The highest BCUT2D eigenvalue weighted by Crippen LogP contribution is 2.32. The van der Waals surface area contributed by atoms with Gasteiger partial charge < -0.3 is 4.74 Å². The molecule has 1 aromatic carbocycles. The monoisotopic (exact) mass is 445 g/mol. The first-order chi connectivity index (χ1) is 14.2. The summed E-state index contributed by atoms with van der Waals surface area (Å²) in [5.41, 5.74) is 0.939. The van der Waals surface area contributed by atoms with E-state index >= 15 is 0 Å². The van der Waals surface area contributed by atoms with Crippen molar-refractivity contribution >= 4 is 61.8 Å². The van der Waals surface area contributed by atoms with E-state index in [1.54, 1.807) is 40.5 Å². The lowest BCUT2D eigenvalue weighted by molar-refractivity contribution is -0.114. The second kappa shape index (κ2) is 9.86. The number of benzene rings is 1. The Morgan fingerprint density at radius 2 is 2.21 bits per heavy atom. The maximum Gasteiger partial charge on any atom is 0.252 e. The molecule has 152 valence electrons. The van der Waals surface area contributed by atoms with E-state index in [2.05, 4.69) is 23.3 Å². The van der Waals surface area contributed by atoms with Crippen LogP contribution in [0.3, 0.4) is 0 Å². The third-order valence-electron chi connectivity index (χ3n) is 4.76. The van der Waals surface area contributed by atoms with Crippen molar-refractivity contribution in [2.24, 2.45) is 0 Å². The van der Waals surface area contributed by atoms with Crippen LogP contribution in [0.15, 0.2) is 46.7 Å². The predicted octanol–water partition coefficient (Wildman–Crippen LogP) is 4.46. The Balaban J connectivity index is 1.57. The molecule has 1 amide bonds. The van der Waals surface area contributed by atoms with E-state index in [9.17, 15) is 4.79 Å². The molecular weight excluding hydrogens is 422 g/mol. The van der Waals surface area contributed by atoms with E-state index in [4.69, 9.17) is 9.72 Å². The molecule has 0 spiro atoms. The molecule has 1 fully saturated rings. The molecule has 2 aromatic heterocycles. The molecule has 0 atom stereocenters. The fourth-order valence-corrected chi connectivity index (χ4v) is 5.30. The second-order valence-corrected chi connectivity index (χ2v) is 9.49. The first-order valence-corrected chi connectivity index (χ1v) is 12.4. The number of thiophene rings is 1. The van der Waals surface area contributed by atoms with Crippen molar-refractivity contribution in [3.8, 4) is 0 Å². The number of carbonyl (C=O) groups is 1. The van der Waals surface area contributed by atoms with Crippen molar-refractivity contribution in [1.29, 1.82) is 0 Å². The van der Waals surface area contributed by atoms with Crippen molar-refractivity contribution in [2.75, 3.05) is 50.5 Å². The van der Waals surface area contributed by atoms with Gasteiger partial charge in [0.25, 0.3) is 5.91 Å². The van der Waals surface area contributed by atoms with Crippen LogP contribution in [0.5, 0.6) is 0 Å². The Kier molecular flexibility index (Phi) is 6.99. The zero-order valence-corrected chi connectivity index (χ0v) is 18.7. The zero-order valence-electron chi connectivity index (χ0n) is 16.2.